The van der Waals surface area contributed by atoms with E-state index in [2.05, 4.69) is 10.3 Å². The number of aromatic carboxylic acids is 1. The van der Waals surface area contributed by atoms with Crippen molar-refractivity contribution >= 4 is 33.9 Å². The molecule has 0 amide bonds. The van der Waals surface area contributed by atoms with Crippen LogP contribution in [-0.2, 0) is 6.54 Å². The van der Waals surface area contributed by atoms with Crippen molar-refractivity contribution in [2.45, 2.75) is 32.2 Å². The summed E-state index contributed by atoms with van der Waals surface area (Å²) >= 11 is 1.33. The summed E-state index contributed by atoms with van der Waals surface area (Å²) in [6.07, 6.45) is 6.73. The van der Waals surface area contributed by atoms with Gasteiger partial charge >= 0.3 is 5.97 Å². The summed E-state index contributed by atoms with van der Waals surface area (Å²) in [5.41, 5.74) is -1.67. The minimum atomic E-state index is -1.44. The fraction of sp³-hybridized carbons (Fsp3) is 0.458. The number of pyridine rings is 1. The van der Waals surface area contributed by atoms with Gasteiger partial charge in [-0.15, -0.1) is 11.3 Å². The second-order valence-corrected chi connectivity index (χ2v) is 10.0. The first kappa shape index (κ1) is 22.9. The van der Waals surface area contributed by atoms with Gasteiger partial charge in [-0.05, 0) is 56.7 Å². The highest BCUT2D eigenvalue weighted by Gasteiger charge is 2.31. The number of halogens is 2. The van der Waals surface area contributed by atoms with Gasteiger partial charge in [0.25, 0.3) is 0 Å². The molecule has 10 heteroatoms. The van der Waals surface area contributed by atoms with Crippen LogP contribution in [0.5, 0.6) is 0 Å². The number of thiazole rings is 1. The average molecular weight is 489 g/mol. The molecule has 7 nitrogen and oxygen atoms in total. The standard InChI is InChI=1S/C24H26F2N4O3S/c25-18-11-16-21(30(13-19-28-7-10-34-19)12-17(23(16)31)24(32)33)20(26)22(18)29-8-3-15(4-9-29)14-1-5-27-6-2-14/h7,10-12,14-15,27H,1-6,8-9,13H2,(H,32,33). The molecule has 2 aliphatic heterocycles. The third-order valence-electron chi connectivity index (χ3n) is 7.16. The van der Waals surface area contributed by atoms with Crippen molar-refractivity contribution in [2.24, 2.45) is 11.8 Å². The molecule has 34 heavy (non-hydrogen) atoms. The molecule has 5 rings (SSSR count). The van der Waals surface area contributed by atoms with Gasteiger partial charge in [0.1, 0.15) is 22.1 Å². The van der Waals surface area contributed by atoms with Crippen LogP contribution in [0.15, 0.2) is 28.6 Å². The first-order valence-corrected chi connectivity index (χ1v) is 12.4. The second-order valence-electron chi connectivity index (χ2n) is 9.06. The van der Waals surface area contributed by atoms with Crippen molar-refractivity contribution in [3.63, 3.8) is 0 Å². The molecule has 2 saturated heterocycles. The van der Waals surface area contributed by atoms with E-state index in [0.717, 1.165) is 51.0 Å². The highest BCUT2D eigenvalue weighted by molar-refractivity contribution is 7.09. The number of carboxylic acids is 1. The molecule has 0 spiro atoms. The maximum Gasteiger partial charge on any atom is 0.341 e. The zero-order chi connectivity index (χ0) is 23.8. The number of nitrogens with zero attached hydrogens (tertiary/aromatic N) is 3. The molecule has 1 aromatic carbocycles. The molecule has 0 unspecified atom stereocenters. The second kappa shape index (κ2) is 9.42. The summed E-state index contributed by atoms with van der Waals surface area (Å²) in [5, 5.41) is 15.0. The Morgan fingerprint density at radius 1 is 1.18 bits per heavy atom. The minimum Gasteiger partial charge on any atom is -0.477 e. The molecular formula is C24H26F2N4O3S. The van der Waals surface area contributed by atoms with Crippen molar-refractivity contribution in [1.29, 1.82) is 0 Å². The van der Waals surface area contributed by atoms with Crippen LogP contribution in [0.3, 0.4) is 0 Å². The summed E-state index contributed by atoms with van der Waals surface area (Å²) in [6, 6.07) is 0.986. The number of anilines is 1. The van der Waals surface area contributed by atoms with Crippen LogP contribution in [0.25, 0.3) is 10.9 Å². The molecule has 2 N–H and O–H groups in total. The third kappa shape index (κ3) is 4.20. The van der Waals surface area contributed by atoms with E-state index in [-0.39, 0.29) is 23.1 Å². The van der Waals surface area contributed by atoms with Crippen LogP contribution in [-0.4, -0.2) is 46.8 Å². The van der Waals surface area contributed by atoms with E-state index in [9.17, 15) is 14.7 Å². The normalized spacial score (nSPS) is 18.0. The van der Waals surface area contributed by atoms with Gasteiger partial charge in [-0.25, -0.2) is 18.6 Å². The van der Waals surface area contributed by atoms with Crippen LogP contribution >= 0.6 is 11.3 Å². The summed E-state index contributed by atoms with van der Waals surface area (Å²) in [4.78, 5) is 30.3. The van der Waals surface area contributed by atoms with E-state index in [1.807, 2.05) is 0 Å². The molecule has 2 aromatic heterocycles. The minimum absolute atomic E-state index is 0.0779. The number of aromatic nitrogens is 2. The Morgan fingerprint density at radius 2 is 1.88 bits per heavy atom. The number of hydrogen-bond acceptors (Lipinski definition) is 6. The van der Waals surface area contributed by atoms with Crippen LogP contribution in [0.2, 0.25) is 0 Å². The van der Waals surface area contributed by atoms with Crippen LogP contribution in [0, 0.1) is 23.5 Å². The monoisotopic (exact) mass is 488 g/mol. The summed E-state index contributed by atoms with van der Waals surface area (Å²) < 4.78 is 32.6. The van der Waals surface area contributed by atoms with E-state index < -0.39 is 28.6 Å². The van der Waals surface area contributed by atoms with Gasteiger partial charge in [0.15, 0.2) is 5.82 Å². The Morgan fingerprint density at radius 3 is 2.53 bits per heavy atom. The Hall–Kier alpha value is -2.85. The predicted molar refractivity (Wildman–Crippen MR) is 127 cm³/mol. The van der Waals surface area contributed by atoms with Gasteiger partial charge in [0, 0.05) is 30.9 Å². The number of fused-ring (bicyclic) bond motifs is 1. The van der Waals surface area contributed by atoms with E-state index in [1.165, 1.54) is 15.9 Å². The Bertz CT molecular complexity index is 1260. The third-order valence-corrected chi connectivity index (χ3v) is 7.92. The average Bonchev–Trinajstić information content (AvgIpc) is 3.35. The largest absolute Gasteiger partial charge is 0.477 e. The number of piperidine rings is 2. The molecule has 2 fully saturated rings. The lowest BCUT2D eigenvalue weighted by atomic mass is 9.79. The lowest BCUT2D eigenvalue weighted by Crippen LogP contribution is -2.40. The molecule has 4 heterocycles. The quantitative estimate of drug-likeness (QED) is 0.570. The Kier molecular flexibility index (Phi) is 6.35. The first-order chi connectivity index (χ1) is 16.4. The Balaban J connectivity index is 1.54. The van der Waals surface area contributed by atoms with Gasteiger partial charge in [0.2, 0.25) is 5.43 Å². The van der Waals surface area contributed by atoms with E-state index in [4.69, 9.17) is 0 Å². The van der Waals surface area contributed by atoms with Gasteiger partial charge < -0.3 is 19.9 Å². The van der Waals surface area contributed by atoms with Gasteiger partial charge in [-0.2, -0.15) is 0 Å². The van der Waals surface area contributed by atoms with Gasteiger partial charge in [0.05, 0.1) is 17.4 Å². The number of hydrogen-bond donors (Lipinski definition) is 2. The lowest BCUT2D eigenvalue weighted by molar-refractivity contribution is 0.0694. The summed E-state index contributed by atoms with van der Waals surface area (Å²) in [5.74, 6) is -1.92. The molecule has 0 aliphatic carbocycles. The number of rotatable bonds is 5. The Labute approximate surface area is 199 Å². The lowest BCUT2D eigenvalue weighted by Gasteiger charge is -2.39. The van der Waals surface area contributed by atoms with E-state index in [0.29, 0.717) is 29.9 Å². The topological polar surface area (TPSA) is 87.5 Å². The zero-order valence-corrected chi connectivity index (χ0v) is 19.4. The predicted octanol–water partition coefficient (Wildman–Crippen LogP) is 3.70. The van der Waals surface area contributed by atoms with Gasteiger partial charge in [-0.3, -0.25) is 4.79 Å². The summed E-state index contributed by atoms with van der Waals surface area (Å²) in [6.45, 7) is 3.20. The smallest absolute Gasteiger partial charge is 0.341 e. The molecule has 0 atom stereocenters. The number of benzene rings is 1. The van der Waals surface area contributed by atoms with Crippen molar-refractivity contribution < 1.29 is 18.7 Å². The van der Waals surface area contributed by atoms with Crippen LogP contribution in [0.1, 0.15) is 41.0 Å². The van der Waals surface area contributed by atoms with Crippen molar-refractivity contribution in [1.82, 2.24) is 14.9 Å². The molecule has 0 radical (unpaired) electrons. The maximum atomic E-state index is 16.0. The molecule has 0 bridgehead atoms. The summed E-state index contributed by atoms with van der Waals surface area (Å²) in [7, 11) is 0. The molecule has 3 aromatic rings. The fourth-order valence-corrected chi connectivity index (χ4v) is 6.04. The highest BCUT2D eigenvalue weighted by atomic mass is 32.1. The van der Waals surface area contributed by atoms with E-state index in [1.54, 1.807) is 16.5 Å². The molecule has 2 aliphatic rings. The van der Waals surface area contributed by atoms with Crippen LogP contribution < -0.4 is 15.6 Å². The number of carbonyl (C=O) groups is 1. The van der Waals surface area contributed by atoms with Crippen molar-refractivity contribution in [2.75, 3.05) is 31.1 Å². The fourth-order valence-electron chi connectivity index (χ4n) is 5.43. The molecular weight excluding hydrogens is 462 g/mol. The zero-order valence-electron chi connectivity index (χ0n) is 18.6. The van der Waals surface area contributed by atoms with E-state index >= 15 is 8.78 Å². The number of carboxylic acid groups (broad SMARTS) is 1. The van der Waals surface area contributed by atoms with Crippen LogP contribution in [0.4, 0.5) is 14.5 Å². The highest BCUT2D eigenvalue weighted by Crippen LogP contribution is 2.36. The van der Waals surface area contributed by atoms with Gasteiger partial charge in [-0.1, -0.05) is 0 Å². The molecule has 180 valence electrons. The van der Waals surface area contributed by atoms with Crippen molar-refractivity contribution in [3.05, 3.63) is 56.3 Å². The first-order valence-electron chi connectivity index (χ1n) is 11.6. The SMILES string of the molecule is O=C(O)c1cn(Cc2nccs2)c2c(F)c(N3CCC(C4CCNCC4)CC3)c(F)cc2c1=O. The van der Waals surface area contributed by atoms with Crippen molar-refractivity contribution in [3.8, 4) is 0 Å². The number of nitrogens with one attached hydrogen (secondary N) is 1. The molecule has 0 saturated carbocycles. The maximum absolute atomic E-state index is 16.0.